The van der Waals surface area contributed by atoms with E-state index in [0.717, 1.165) is 9.96 Å². The number of carbonyl (C=O) groups is 1. The highest BCUT2D eigenvalue weighted by Gasteiger charge is 2.50. The number of rotatable bonds is 6. The van der Waals surface area contributed by atoms with E-state index in [1.165, 1.54) is 42.7 Å². The Morgan fingerprint density at radius 2 is 1.83 bits per heavy atom. The van der Waals surface area contributed by atoms with Crippen LogP contribution in [-0.2, 0) is 32.3 Å². The molecule has 3 aromatic heterocycles. The van der Waals surface area contributed by atoms with E-state index < -0.39 is 44.9 Å². The van der Waals surface area contributed by atoms with Crippen LogP contribution in [0.1, 0.15) is 59.0 Å². The number of pyridine rings is 2. The van der Waals surface area contributed by atoms with Gasteiger partial charge in [0.1, 0.15) is 4.90 Å². The smallest absolute Gasteiger partial charge is 0.452 e. The van der Waals surface area contributed by atoms with E-state index in [9.17, 15) is 31.5 Å². The Labute approximate surface area is 263 Å². The van der Waals surface area contributed by atoms with Gasteiger partial charge in [0.25, 0.3) is 0 Å². The molecule has 46 heavy (non-hydrogen) atoms. The highest BCUT2D eigenvalue weighted by atomic mass is 32.2. The van der Waals surface area contributed by atoms with Gasteiger partial charge >= 0.3 is 12.1 Å². The predicted octanol–water partition coefficient (Wildman–Crippen LogP) is 4.66. The van der Waals surface area contributed by atoms with Gasteiger partial charge in [0.05, 0.1) is 25.2 Å². The molecule has 1 aromatic carbocycles. The van der Waals surface area contributed by atoms with E-state index in [2.05, 4.69) is 15.2 Å². The van der Waals surface area contributed by atoms with Crippen molar-refractivity contribution < 1.29 is 41.0 Å². The standard InChI is InChI=1S/C31H32F3N5O6S/c1-17-10-23-26(35-12-17)45-30(15-44-16-30)14-38(46(23,42)43)13-21-11-20(7-6-18(21)2)24(29(4,5)28(40)41)22-8-9-39-25(19(22)3)36-37-27(39)31(32,33)34/h6-12,24H,13-16H2,1-5H3,(H,40,41)/t24-/m0/s1. The third kappa shape index (κ3) is 5.19. The lowest BCUT2D eigenvalue weighted by molar-refractivity contribution is -0.166. The van der Waals surface area contributed by atoms with Crippen molar-refractivity contribution in [1.29, 1.82) is 0 Å². The van der Waals surface area contributed by atoms with Crippen molar-refractivity contribution in [2.45, 2.75) is 63.8 Å². The van der Waals surface area contributed by atoms with Crippen LogP contribution >= 0.6 is 0 Å². The van der Waals surface area contributed by atoms with Crippen LogP contribution in [0.2, 0.25) is 0 Å². The number of carboxylic acids is 1. The number of aliphatic carboxylic acids is 1. The van der Waals surface area contributed by atoms with Crippen LogP contribution in [0.5, 0.6) is 5.88 Å². The minimum absolute atomic E-state index is 0.00263. The van der Waals surface area contributed by atoms with Gasteiger partial charge in [0, 0.05) is 24.9 Å². The van der Waals surface area contributed by atoms with E-state index >= 15 is 0 Å². The monoisotopic (exact) mass is 659 g/mol. The Hall–Kier alpha value is -4.08. The summed E-state index contributed by atoms with van der Waals surface area (Å²) in [6.07, 6.45) is -2.01. The number of aryl methyl sites for hydroxylation is 3. The van der Waals surface area contributed by atoms with E-state index in [-0.39, 0.29) is 42.7 Å². The van der Waals surface area contributed by atoms with E-state index in [1.807, 2.05) is 6.92 Å². The molecule has 0 amide bonds. The number of aromatic nitrogens is 4. The number of alkyl halides is 3. The largest absolute Gasteiger partial charge is 0.481 e. The van der Waals surface area contributed by atoms with Crippen LogP contribution in [0.15, 0.2) is 47.6 Å². The molecule has 1 saturated heterocycles. The number of sulfonamides is 1. The zero-order valence-electron chi connectivity index (χ0n) is 25.7. The molecule has 0 radical (unpaired) electrons. The molecule has 1 atom stereocenters. The molecule has 11 nitrogen and oxygen atoms in total. The molecule has 2 aliphatic rings. The molecule has 5 heterocycles. The van der Waals surface area contributed by atoms with Crippen molar-refractivity contribution >= 4 is 21.6 Å². The second-order valence-electron chi connectivity index (χ2n) is 12.6. The average Bonchev–Trinajstić information content (AvgIpc) is 3.37. The fraction of sp³-hybridized carbons (Fsp3) is 0.419. The summed E-state index contributed by atoms with van der Waals surface area (Å²) in [5, 5.41) is 17.5. The Kier molecular flexibility index (Phi) is 7.44. The molecule has 0 saturated carbocycles. The molecule has 1 N–H and O–H groups in total. The summed E-state index contributed by atoms with van der Waals surface area (Å²) >= 11 is 0. The molecule has 0 aliphatic carbocycles. The number of ether oxygens (including phenoxy) is 2. The van der Waals surface area contributed by atoms with E-state index in [4.69, 9.17) is 9.47 Å². The number of hydrogen-bond acceptors (Lipinski definition) is 8. The zero-order chi connectivity index (χ0) is 33.4. The van der Waals surface area contributed by atoms with Gasteiger partial charge in [-0.05, 0) is 80.1 Å². The summed E-state index contributed by atoms with van der Waals surface area (Å²) in [5.74, 6) is -3.16. The number of benzene rings is 1. The fourth-order valence-electron chi connectivity index (χ4n) is 6.14. The first-order valence-corrected chi connectivity index (χ1v) is 15.9. The molecule has 0 bridgehead atoms. The zero-order valence-corrected chi connectivity index (χ0v) is 26.5. The minimum Gasteiger partial charge on any atom is -0.481 e. The highest BCUT2D eigenvalue weighted by Crippen LogP contribution is 2.44. The first-order chi connectivity index (χ1) is 21.4. The Morgan fingerprint density at radius 1 is 1.11 bits per heavy atom. The average molecular weight is 660 g/mol. The Balaban J connectivity index is 1.46. The third-order valence-corrected chi connectivity index (χ3v) is 10.6. The molecule has 0 unspecified atom stereocenters. The van der Waals surface area contributed by atoms with Gasteiger partial charge in [-0.1, -0.05) is 18.2 Å². The quantitative estimate of drug-likeness (QED) is 0.313. The minimum atomic E-state index is -4.74. The summed E-state index contributed by atoms with van der Waals surface area (Å²) in [6, 6.07) is 8.28. The van der Waals surface area contributed by atoms with E-state index in [0.29, 0.717) is 27.8 Å². The topological polar surface area (TPSA) is 136 Å². The van der Waals surface area contributed by atoms with Crippen molar-refractivity contribution in [3.8, 4) is 5.88 Å². The Bertz CT molecular complexity index is 1990. The molecule has 1 spiro atoms. The van der Waals surface area contributed by atoms with Crippen molar-refractivity contribution in [1.82, 2.24) is 23.9 Å². The normalized spacial score (nSPS) is 18.4. The van der Waals surface area contributed by atoms with Gasteiger partial charge in [-0.3, -0.25) is 9.20 Å². The van der Waals surface area contributed by atoms with Gasteiger partial charge in [-0.25, -0.2) is 13.4 Å². The second kappa shape index (κ2) is 10.7. The van der Waals surface area contributed by atoms with E-state index in [1.54, 1.807) is 32.0 Å². The van der Waals surface area contributed by atoms with Crippen LogP contribution in [0.3, 0.4) is 0 Å². The summed E-state index contributed by atoms with van der Waals surface area (Å²) in [7, 11) is -4.09. The summed E-state index contributed by atoms with van der Waals surface area (Å²) in [5.41, 5.74) is 0.947. The van der Waals surface area contributed by atoms with Crippen LogP contribution in [0.4, 0.5) is 13.2 Å². The maximum atomic E-state index is 14.0. The van der Waals surface area contributed by atoms with Crippen LogP contribution in [-0.4, -0.2) is 68.7 Å². The maximum Gasteiger partial charge on any atom is 0.452 e. The van der Waals surface area contributed by atoms with Crippen LogP contribution in [0.25, 0.3) is 5.65 Å². The SMILES string of the molecule is Cc1cnc2c(c1)S(=O)(=O)N(Cc1cc([C@@H](c3ccn4c(C(F)(F)F)nnc4c3C)C(C)(C)C(=O)O)ccc1C)CC1(COC1)O2. The molecular formula is C31H32F3N5O6S. The highest BCUT2D eigenvalue weighted by molar-refractivity contribution is 7.89. The molecule has 6 rings (SSSR count). The molecule has 4 aromatic rings. The van der Waals surface area contributed by atoms with Crippen molar-refractivity contribution in [3.05, 3.63) is 81.9 Å². The lowest BCUT2D eigenvalue weighted by Crippen LogP contribution is -2.60. The first-order valence-electron chi connectivity index (χ1n) is 14.4. The van der Waals surface area contributed by atoms with Crippen LogP contribution in [0, 0.1) is 26.2 Å². The summed E-state index contributed by atoms with van der Waals surface area (Å²) in [6.45, 7) is 8.53. The number of halogens is 3. The first kappa shape index (κ1) is 31.9. The van der Waals surface area contributed by atoms with Gasteiger partial charge in [-0.15, -0.1) is 10.2 Å². The number of hydrogen-bond donors (Lipinski definition) is 1. The fourth-order valence-corrected chi connectivity index (χ4v) is 7.78. The van der Waals surface area contributed by atoms with Gasteiger partial charge < -0.3 is 14.6 Å². The molecular weight excluding hydrogens is 627 g/mol. The van der Waals surface area contributed by atoms with Crippen molar-refractivity contribution in [3.63, 3.8) is 0 Å². The van der Waals surface area contributed by atoms with Crippen molar-refractivity contribution in [2.75, 3.05) is 19.8 Å². The lowest BCUT2D eigenvalue weighted by Gasteiger charge is -2.41. The number of fused-ring (bicyclic) bond motifs is 2. The van der Waals surface area contributed by atoms with Gasteiger partial charge in [0.2, 0.25) is 21.7 Å². The number of carboxylic acid groups (broad SMARTS) is 1. The molecule has 2 aliphatic heterocycles. The van der Waals surface area contributed by atoms with Crippen LogP contribution < -0.4 is 4.74 Å². The van der Waals surface area contributed by atoms with Gasteiger partial charge in [0.15, 0.2) is 11.2 Å². The van der Waals surface area contributed by atoms with Crippen molar-refractivity contribution in [2.24, 2.45) is 5.41 Å². The summed E-state index contributed by atoms with van der Waals surface area (Å²) in [4.78, 5) is 16.9. The maximum absolute atomic E-state index is 14.0. The molecule has 1 fully saturated rings. The predicted molar refractivity (Wildman–Crippen MR) is 158 cm³/mol. The molecule has 244 valence electrons. The molecule has 15 heteroatoms. The number of nitrogens with zero attached hydrogens (tertiary/aromatic N) is 5. The Morgan fingerprint density at radius 3 is 2.46 bits per heavy atom. The van der Waals surface area contributed by atoms with Gasteiger partial charge in [-0.2, -0.15) is 17.5 Å². The summed E-state index contributed by atoms with van der Waals surface area (Å²) < 4.78 is 82.5. The lowest BCUT2D eigenvalue weighted by atomic mass is 9.70. The second-order valence-corrected chi connectivity index (χ2v) is 14.5. The third-order valence-electron chi connectivity index (χ3n) is 8.84.